The minimum atomic E-state index is -0.141. The average Bonchev–Trinajstić information content (AvgIpc) is 3.97. The van der Waals surface area contributed by atoms with E-state index in [1.165, 1.54) is 151 Å². The molecule has 5 heterocycles. The Bertz CT molecular complexity index is 3740. The van der Waals surface area contributed by atoms with Crippen LogP contribution in [0.3, 0.4) is 0 Å². The van der Waals surface area contributed by atoms with E-state index in [0.717, 1.165) is 17.7 Å². The molecule has 2 unspecified atom stereocenters. The number of para-hydroxylation sites is 1. The maximum atomic E-state index is 7.29. The molecule has 3 aliphatic carbocycles. The molecule has 384 valence electrons. The van der Waals surface area contributed by atoms with Gasteiger partial charge in [0.1, 0.15) is 5.58 Å². The third-order valence-electron chi connectivity index (χ3n) is 21.3. The zero-order valence-corrected chi connectivity index (χ0v) is 48.2. The van der Waals surface area contributed by atoms with Gasteiger partial charge in [-0.2, -0.15) is 0 Å². The molecule has 14 rings (SSSR count). The van der Waals surface area contributed by atoms with Crippen LogP contribution in [0.5, 0.6) is 0 Å². The summed E-state index contributed by atoms with van der Waals surface area (Å²) >= 11 is 0. The van der Waals surface area contributed by atoms with Gasteiger partial charge < -0.3 is 14.2 Å². The van der Waals surface area contributed by atoms with Crippen LogP contribution in [0.2, 0.25) is 0 Å². The molecule has 6 aromatic carbocycles. The summed E-state index contributed by atoms with van der Waals surface area (Å²) in [5.74, 6) is 0. The zero-order chi connectivity index (χ0) is 52.7. The van der Waals surface area contributed by atoms with Crippen LogP contribution in [-0.2, 0) is 37.9 Å². The number of aromatic nitrogens is 1. The fourth-order valence-corrected chi connectivity index (χ4v) is 16.2. The van der Waals surface area contributed by atoms with E-state index in [4.69, 9.17) is 4.42 Å². The van der Waals surface area contributed by atoms with Gasteiger partial charge in [0.2, 0.25) is 5.71 Å². The Hall–Kier alpha value is -5.68. The highest BCUT2D eigenvalue weighted by Gasteiger charge is 2.62. The predicted molar refractivity (Wildman–Crippen MR) is 321 cm³/mol. The van der Waals surface area contributed by atoms with Gasteiger partial charge in [-0.15, -0.1) is 0 Å². The number of nitrogens with zero attached hydrogens (tertiary/aromatic N) is 3. The van der Waals surface area contributed by atoms with Crippen LogP contribution in [-0.4, -0.2) is 16.8 Å². The fourth-order valence-electron chi connectivity index (χ4n) is 16.2. The van der Waals surface area contributed by atoms with Gasteiger partial charge >= 0.3 is 0 Å². The molecule has 0 spiro atoms. The van der Waals surface area contributed by atoms with Crippen LogP contribution in [0.25, 0.3) is 38.7 Å². The summed E-state index contributed by atoms with van der Waals surface area (Å²) in [6.45, 7) is 39.5. The summed E-state index contributed by atoms with van der Waals surface area (Å²) in [6, 6.07) is 39.6. The lowest BCUT2D eigenvalue weighted by atomic mass is 9.33. The summed E-state index contributed by atoms with van der Waals surface area (Å²) in [5.41, 5.74) is 25.6. The summed E-state index contributed by atoms with van der Waals surface area (Å²) in [4.78, 5) is 5.61. The normalized spacial score (nSPS) is 23.3. The minimum Gasteiger partial charge on any atom is -0.439 e. The number of hydrogen-bond acceptors (Lipinski definition) is 3. The number of furan rings is 1. The topological polar surface area (TPSA) is 24.6 Å². The molecule has 2 aromatic heterocycles. The third kappa shape index (κ3) is 6.25. The highest BCUT2D eigenvalue weighted by molar-refractivity contribution is 7.00. The van der Waals surface area contributed by atoms with Gasteiger partial charge in [-0.3, -0.25) is 4.57 Å². The smallest absolute Gasteiger partial charge is 0.252 e. The van der Waals surface area contributed by atoms with Gasteiger partial charge in [-0.25, -0.2) is 0 Å². The quantitative estimate of drug-likeness (QED) is 0.165. The van der Waals surface area contributed by atoms with Crippen molar-refractivity contribution in [3.63, 3.8) is 0 Å². The van der Waals surface area contributed by atoms with E-state index < -0.39 is 0 Å². The maximum Gasteiger partial charge on any atom is 0.252 e. The van der Waals surface area contributed by atoms with Crippen molar-refractivity contribution in [2.45, 2.75) is 206 Å². The predicted octanol–water partition coefficient (Wildman–Crippen LogP) is 17.2. The van der Waals surface area contributed by atoms with Crippen LogP contribution < -0.4 is 26.2 Å². The maximum absolute atomic E-state index is 7.29. The van der Waals surface area contributed by atoms with Gasteiger partial charge in [0.15, 0.2) is 0 Å². The Morgan fingerprint density at radius 2 is 1.05 bits per heavy atom. The van der Waals surface area contributed by atoms with E-state index >= 15 is 0 Å². The van der Waals surface area contributed by atoms with Crippen LogP contribution in [0.4, 0.5) is 28.4 Å². The van der Waals surface area contributed by atoms with Crippen molar-refractivity contribution in [3.8, 4) is 5.69 Å². The standard InChI is InChI=1S/C70H80BN3O/c1-63(2,3)41-33-47-58-46-21-17-18-22-57(46)75-62(58)73-55-39-45(72(43-23-25-48-50(37-43)67(11,12)31-29-65(48,7)8)44-24-26-49-51(38-44)68(13,14)32-30-66(49,9)10)40-56-59(55)71(53(35-41)60(47)73)54-36-42(64(4,5)6)34-52-61(54)74(56)70(16)28-20-19-27-69(52,70)15/h17-18,21-26,33-40H,19-20,27-32H2,1-16H3. The van der Waals surface area contributed by atoms with Crippen LogP contribution in [0.15, 0.2) is 101 Å². The molecule has 1 fully saturated rings. The number of benzene rings is 6. The van der Waals surface area contributed by atoms with Gasteiger partial charge in [0.25, 0.3) is 6.71 Å². The Labute approximate surface area is 448 Å². The van der Waals surface area contributed by atoms with Crippen LogP contribution >= 0.6 is 0 Å². The van der Waals surface area contributed by atoms with Crippen molar-refractivity contribution in [3.05, 3.63) is 136 Å². The first-order chi connectivity index (χ1) is 35.1. The molecule has 0 N–H and O–H groups in total. The molecule has 0 saturated heterocycles. The lowest BCUT2D eigenvalue weighted by Gasteiger charge is -2.52. The third-order valence-corrected chi connectivity index (χ3v) is 21.3. The lowest BCUT2D eigenvalue weighted by molar-refractivity contribution is 0.195. The van der Waals surface area contributed by atoms with Crippen molar-refractivity contribution in [2.24, 2.45) is 0 Å². The molecule has 8 aromatic rings. The Morgan fingerprint density at radius 1 is 0.507 bits per heavy atom. The second kappa shape index (κ2) is 14.7. The second-order valence-electron chi connectivity index (χ2n) is 29.8. The van der Waals surface area contributed by atoms with E-state index in [2.05, 4.69) is 222 Å². The molecule has 1 saturated carbocycles. The van der Waals surface area contributed by atoms with E-state index in [1.807, 2.05) is 0 Å². The number of rotatable bonds is 3. The van der Waals surface area contributed by atoms with Crippen LogP contribution in [0, 0.1) is 0 Å². The molecular formula is C70H80BN3O. The van der Waals surface area contributed by atoms with Crippen molar-refractivity contribution in [1.29, 1.82) is 0 Å². The van der Waals surface area contributed by atoms with Crippen LogP contribution in [0.1, 0.15) is 201 Å². The highest BCUT2D eigenvalue weighted by Crippen LogP contribution is 2.63. The number of hydrogen-bond donors (Lipinski definition) is 0. The average molecular weight is 990 g/mol. The van der Waals surface area contributed by atoms with Gasteiger partial charge in [-0.1, -0.05) is 165 Å². The molecule has 0 radical (unpaired) electrons. The van der Waals surface area contributed by atoms with E-state index in [0.29, 0.717) is 0 Å². The number of fused-ring (bicyclic) bond motifs is 14. The van der Waals surface area contributed by atoms with Crippen molar-refractivity contribution < 1.29 is 4.42 Å². The monoisotopic (exact) mass is 990 g/mol. The molecule has 4 nitrogen and oxygen atoms in total. The van der Waals surface area contributed by atoms with Crippen molar-refractivity contribution in [2.75, 3.05) is 9.80 Å². The molecule has 6 aliphatic rings. The first-order valence-electron chi connectivity index (χ1n) is 28.9. The molecule has 75 heavy (non-hydrogen) atoms. The zero-order valence-electron chi connectivity index (χ0n) is 48.2. The Kier molecular flexibility index (Phi) is 9.34. The Morgan fingerprint density at radius 3 is 1.67 bits per heavy atom. The summed E-state index contributed by atoms with van der Waals surface area (Å²) in [5, 5.41) is 3.71. The van der Waals surface area contributed by atoms with E-state index in [-0.39, 0.29) is 50.2 Å². The van der Waals surface area contributed by atoms with E-state index in [1.54, 1.807) is 5.56 Å². The molecule has 2 atom stereocenters. The lowest BCUT2D eigenvalue weighted by Crippen LogP contribution is -2.64. The van der Waals surface area contributed by atoms with Gasteiger partial charge in [0.05, 0.1) is 22.1 Å². The molecule has 5 heteroatoms. The SMILES string of the molecule is CC(C)(C)c1cc2c3c(c1)C1(C)CCCCC1(C)N3c1cc(N(c3ccc4c(c3)C(C)(C)CCC4(C)C)c3ccc4c(c3)C(C)(C)CCC4(C)C)cc3c1B2c1cc(C(C)(C)C)cc2c4c5ccccc5oc4n-3c12. The fraction of sp³-hybridized carbons (Fsp3) is 0.457. The summed E-state index contributed by atoms with van der Waals surface area (Å²) in [6.07, 6.45) is 9.53. The van der Waals surface area contributed by atoms with Gasteiger partial charge in [0, 0.05) is 44.6 Å². The minimum absolute atomic E-state index is 0.0262. The summed E-state index contributed by atoms with van der Waals surface area (Å²) < 4.78 is 9.89. The van der Waals surface area contributed by atoms with Crippen molar-refractivity contribution in [1.82, 2.24) is 4.57 Å². The molecular weight excluding hydrogens is 910 g/mol. The first kappa shape index (κ1) is 47.8. The second-order valence-corrected chi connectivity index (χ2v) is 29.8. The van der Waals surface area contributed by atoms with Crippen molar-refractivity contribution >= 4 is 84.5 Å². The largest absolute Gasteiger partial charge is 0.439 e. The number of anilines is 5. The molecule has 3 aliphatic heterocycles. The van der Waals surface area contributed by atoms with Gasteiger partial charge in [-0.05, 0) is 182 Å². The highest BCUT2D eigenvalue weighted by atomic mass is 16.3. The Balaban J connectivity index is 1.16. The first-order valence-corrected chi connectivity index (χ1v) is 28.9. The molecule has 0 bridgehead atoms. The molecule has 0 amide bonds. The summed E-state index contributed by atoms with van der Waals surface area (Å²) in [7, 11) is 0. The van der Waals surface area contributed by atoms with E-state index in [9.17, 15) is 0 Å².